The van der Waals surface area contributed by atoms with E-state index in [9.17, 15) is 4.79 Å². The molecule has 1 fully saturated rings. The van der Waals surface area contributed by atoms with E-state index in [-0.39, 0.29) is 16.9 Å². The molecule has 0 radical (unpaired) electrons. The lowest BCUT2D eigenvalue weighted by Crippen LogP contribution is -2.38. The van der Waals surface area contributed by atoms with Crippen LogP contribution >= 0.6 is 11.6 Å². The van der Waals surface area contributed by atoms with Gasteiger partial charge in [-0.2, -0.15) is 0 Å². The van der Waals surface area contributed by atoms with Crippen molar-refractivity contribution >= 4 is 17.5 Å². The van der Waals surface area contributed by atoms with Gasteiger partial charge in [-0.25, -0.2) is 0 Å². The monoisotopic (exact) mass is 272 g/mol. The predicted molar refractivity (Wildman–Crippen MR) is 67.9 cm³/mol. The van der Waals surface area contributed by atoms with E-state index in [0.717, 1.165) is 39.3 Å². The molecule has 0 saturated carbocycles. The van der Waals surface area contributed by atoms with Crippen LogP contribution in [0, 0.1) is 0 Å². The van der Waals surface area contributed by atoms with E-state index in [1.54, 1.807) is 12.1 Å². The van der Waals surface area contributed by atoms with E-state index in [4.69, 9.17) is 20.8 Å². The van der Waals surface area contributed by atoms with Crippen molar-refractivity contribution in [2.45, 2.75) is 6.42 Å². The molecule has 5 nitrogen and oxygen atoms in total. The highest BCUT2D eigenvalue weighted by atomic mass is 35.5. The number of carbonyl (C=O) groups is 1. The Hall–Kier alpha value is -1.04. The van der Waals surface area contributed by atoms with Crippen LogP contribution < -0.4 is 5.32 Å². The van der Waals surface area contributed by atoms with Crippen molar-refractivity contribution in [3.63, 3.8) is 0 Å². The molecule has 1 aliphatic rings. The van der Waals surface area contributed by atoms with Crippen LogP contribution in [0.15, 0.2) is 16.5 Å². The highest BCUT2D eigenvalue weighted by Gasteiger charge is 2.11. The summed E-state index contributed by atoms with van der Waals surface area (Å²) in [6, 6.07) is 3.13. The summed E-state index contributed by atoms with van der Waals surface area (Å²) in [5, 5.41) is 3.03. The first-order valence-electron chi connectivity index (χ1n) is 6.09. The number of hydrogen-bond acceptors (Lipinski definition) is 4. The number of hydrogen-bond donors (Lipinski definition) is 1. The van der Waals surface area contributed by atoms with Crippen LogP contribution in [0.4, 0.5) is 0 Å². The van der Waals surface area contributed by atoms with Gasteiger partial charge in [-0.3, -0.25) is 9.69 Å². The molecule has 1 saturated heterocycles. The average molecular weight is 273 g/mol. The van der Waals surface area contributed by atoms with Gasteiger partial charge in [0.25, 0.3) is 5.91 Å². The Labute approximate surface area is 111 Å². The molecule has 1 amide bonds. The van der Waals surface area contributed by atoms with E-state index in [2.05, 4.69) is 10.2 Å². The smallest absolute Gasteiger partial charge is 0.287 e. The van der Waals surface area contributed by atoms with Gasteiger partial charge in [-0.15, -0.1) is 0 Å². The van der Waals surface area contributed by atoms with Crippen LogP contribution in [0.5, 0.6) is 0 Å². The van der Waals surface area contributed by atoms with E-state index < -0.39 is 0 Å². The summed E-state index contributed by atoms with van der Waals surface area (Å²) in [4.78, 5) is 13.9. The van der Waals surface area contributed by atoms with Crippen molar-refractivity contribution in [3.8, 4) is 0 Å². The Bertz CT molecular complexity index is 388. The molecule has 0 spiro atoms. The summed E-state index contributed by atoms with van der Waals surface area (Å²) in [5.74, 6) is 0.0373. The third kappa shape index (κ3) is 4.01. The van der Waals surface area contributed by atoms with E-state index in [0.29, 0.717) is 6.54 Å². The van der Waals surface area contributed by atoms with Gasteiger partial charge in [0.15, 0.2) is 11.0 Å². The lowest BCUT2D eigenvalue weighted by molar-refractivity contribution is 0.0374. The van der Waals surface area contributed by atoms with Gasteiger partial charge in [0.1, 0.15) is 0 Å². The zero-order valence-corrected chi connectivity index (χ0v) is 10.9. The second kappa shape index (κ2) is 6.78. The van der Waals surface area contributed by atoms with Gasteiger partial charge in [0.05, 0.1) is 13.2 Å². The van der Waals surface area contributed by atoms with E-state index in [1.807, 2.05) is 0 Å². The van der Waals surface area contributed by atoms with Crippen LogP contribution in [-0.2, 0) is 4.74 Å². The van der Waals surface area contributed by atoms with Crippen LogP contribution in [0.1, 0.15) is 17.0 Å². The third-order valence-corrected chi connectivity index (χ3v) is 3.04. The maximum Gasteiger partial charge on any atom is 0.287 e. The SMILES string of the molecule is O=C(NCCCN1CCOCC1)c1ccc(Cl)o1. The molecule has 0 unspecified atom stereocenters. The molecule has 6 heteroatoms. The van der Waals surface area contributed by atoms with Gasteiger partial charge < -0.3 is 14.5 Å². The number of nitrogens with one attached hydrogen (secondary N) is 1. The molecule has 0 atom stereocenters. The second-order valence-electron chi connectivity index (χ2n) is 4.17. The first kappa shape index (κ1) is 13.4. The van der Waals surface area contributed by atoms with Crippen molar-refractivity contribution < 1.29 is 13.9 Å². The molecule has 0 aromatic carbocycles. The van der Waals surface area contributed by atoms with Crippen molar-refractivity contribution in [1.29, 1.82) is 0 Å². The first-order chi connectivity index (χ1) is 8.75. The zero-order valence-electron chi connectivity index (χ0n) is 10.2. The molecule has 2 rings (SSSR count). The Morgan fingerprint density at radius 3 is 2.83 bits per heavy atom. The number of carbonyl (C=O) groups excluding carboxylic acids is 1. The fraction of sp³-hybridized carbons (Fsp3) is 0.583. The molecule has 1 aromatic rings. The molecule has 0 bridgehead atoms. The van der Waals surface area contributed by atoms with Crippen molar-refractivity contribution in [2.24, 2.45) is 0 Å². The number of halogens is 1. The highest BCUT2D eigenvalue weighted by Crippen LogP contribution is 2.12. The van der Waals surface area contributed by atoms with Gasteiger partial charge in [0.2, 0.25) is 0 Å². The fourth-order valence-electron chi connectivity index (χ4n) is 1.85. The summed E-state index contributed by atoms with van der Waals surface area (Å²) in [5.41, 5.74) is 0. The Balaban J connectivity index is 1.61. The molecular formula is C12H17ClN2O3. The summed E-state index contributed by atoms with van der Waals surface area (Å²) < 4.78 is 10.3. The van der Waals surface area contributed by atoms with Crippen LogP contribution in [0.25, 0.3) is 0 Å². The molecule has 0 aliphatic carbocycles. The average Bonchev–Trinajstić information content (AvgIpc) is 2.82. The van der Waals surface area contributed by atoms with Crippen LogP contribution in [0.2, 0.25) is 5.22 Å². The summed E-state index contributed by atoms with van der Waals surface area (Å²) in [7, 11) is 0. The maximum absolute atomic E-state index is 11.6. The number of morpholine rings is 1. The third-order valence-electron chi connectivity index (χ3n) is 2.84. The number of nitrogens with zero attached hydrogens (tertiary/aromatic N) is 1. The molecule has 100 valence electrons. The molecule has 1 N–H and O–H groups in total. The largest absolute Gasteiger partial charge is 0.440 e. The number of amides is 1. The number of ether oxygens (including phenoxy) is 1. The minimum absolute atomic E-state index is 0.219. The first-order valence-corrected chi connectivity index (χ1v) is 6.47. The van der Waals surface area contributed by atoms with Crippen molar-refractivity contribution in [3.05, 3.63) is 23.1 Å². The quantitative estimate of drug-likeness (QED) is 0.823. The van der Waals surface area contributed by atoms with E-state index in [1.165, 1.54) is 0 Å². The van der Waals surface area contributed by atoms with Crippen LogP contribution in [-0.4, -0.2) is 50.2 Å². The summed E-state index contributed by atoms with van der Waals surface area (Å²) >= 11 is 5.60. The van der Waals surface area contributed by atoms with Crippen molar-refractivity contribution in [2.75, 3.05) is 39.4 Å². The maximum atomic E-state index is 11.6. The topological polar surface area (TPSA) is 54.7 Å². The summed E-state index contributed by atoms with van der Waals surface area (Å²) in [6.45, 7) is 5.16. The molecular weight excluding hydrogens is 256 g/mol. The Morgan fingerprint density at radius 1 is 1.39 bits per heavy atom. The molecule has 1 aliphatic heterocycles. The summed E-state index contributed by atoms with van der Waals surface area (Å²) in [6.07, 6.45) is 0.917. The zero-order chi connectivity index (χ0) is 12.8. The van der Waals surface area contributed by atoms with Gasteiger partial charge in [0, 0.05) is 19.6 Å². The molecule has 2 heterocycles. The lowest BCUT2D eigenvalue weighted by Gasteiger charge is -2.26. The lowest BCUT2D eigenvalue weighted by atomic mass is 10.3. The normalized spacial score (nSPS) is 16.7. The fourth-order valence-corrected chi connectivity index (χ4v) is 2.00. The van der Waals surface area contributed by atoms with Gasteiger partial charge in [-0.05, 0) is 36.7 Å². The molecule has 1 aromatic heterocycles. The standard InChI is InChI=1S/C12H17ClN2O3/c13-11-3-2-10(18-11)12(16)14-4-1-5-15-6-8-17-9-7-15/h2-3H,1,4-9H2,(H,14,16). The van der Waals surface area contributed by atoms with Gasteiger partial charge >= 0.3 is 0 Å². The number of furan rings is 1. The van der Waals surface area contributed by atoms with Crippen LogP contribution in [0.3, 0.4) is 0 Å². The van der Waals surface area contributed by atoms with Gasteiger partial charge in [-0.1, -0.05) is 0 Å². The molecule has 18 heavy (non-hydrogen) atoms. The highest BCUT2D eigenvalue weighted by molar-refractivity contribution is 6.29. The minimum atomic E-state index is -0.219. The Kier molecular flexibility index (Phi) is 5.04. The van der Waals surface area contributed by atoms with Crippen molar-refractivity contribution in [1.82, 2.24) is 10.2 Å². The Morgan fingerprint density at radius 2 is 2.17 bits per heavy atom. The second-order valence-corrected chi connectivity index (χ2v) is 4.54. The van der Waals surface area contributed by atoms with E-state index >= 15 is 0 Å². The minimum Gasteiger partial charge on any atom is -0.440 e. The number of rotatable bonds is 5. The predicted octanol–water partition coefficient (Wildman–Crippen LogP) is 1.39.